The summed E-state index contributed by atoms with van der Waals surface area (Å²) in [4.78, 5) is -0.296. The molecule has 2 nitrogen and oxygen atoms in total. The first-order chi connectivity index (χ1) is 4.84. The molecule has 0 aromatic heterocycles. The van der Waals surface area contributed by atoms with Gasteiger partial charge >= 0.3 is 0 Å². The van der Waals surface area contributed by atoms with E-state index in [1.54, 1.807) is 0 Å². The van der Waals surface area contributed by atoms with E-state index in [1.807, 2.05) is 27.7 Å². The molecule has 1 atom stereocenters. The lowest BCUT2D eigenvalue weighted by atomic mass is 10.1. The zero-order chi connectivity index (χ0) is 9.07. The molecule has 0 fully saturated rings. The van der Waals surface area contributed by atoms with Gasteiger partial charge in [0.25, 0.3) is 0 Å². The molecule has 0 aliphatic heterocycles. The Morgan fingerprint density at radius 2 is 2.00 bits per heavy atom. The van der Waals surface area contributed by atoms with Crippen LogP contribution in [0.1, 0.15) is 27.7 Å². The van der Waals surface area contributed by atoms with E-state index >= 15 is 0 Å². The van der Waals surface area contributed by atoms with Crippen molar-refractivity contribution < 1.29 is 4.74 Å². The van der Waals surface area contributed by atoms with Gasteiger partial charge in [0.15, 0.2) is 0 Å². The molecule has 0 aliphatic carbocycles. The van der Waals surface area contributed by atoms with Crippen molar-refractivity contribution in [2.24, 2.45) is 0 Å². The Hall–Kier alpha value is -0.0500. The quantitative estimate of drug-likeness (QED) is 0.551. The van der Waals surface area contributed by atoms with Crippen LogP contribution in [0.25, 0.3) is 0 Å². The molecule has 12 heavy (non-hydrogen) atoms. The molecule has 0 aliphatic rings. The summed E-state index contributed by atoms with van der Waals surface area (Å²) < 4.78 is 5.44. The Balaban J connectivity index is 0. The number of ether oxygens (including phenoxy) is 1. The first-order valence-corrected chi connectivity index (χ1v) is 4.16. The van der Waals surface area contributed by atoms with Crippen molar-refractivity contribution in [3.63, 3.8) is 0 Å². The molecular weight excluding hydrogens is 174 g/mol. The second kappa shape index (κ2) is 5.57. The lowest BCUT2D eigenvalue weighted by Gasteiger charge is -2.24. The van der Waals surface area contributed by atoms with Gasteiger partial charge in [-0.3, -0.25) is 0 Å². The van der Waals surface area contributed by atoms with Crippen molar-refractivity contribution in [1.29, 1.82) is 0 Å². The highest BCUT2D eigenvalue weighted by molar-refractivity contribution is 6.23. The number of alkyl halides is 1. The van der Waals surface area contributed by atoms with Crippen LogP contribution in [0.5, 0.6) is 0 Å². The highest BCUT2D eigenvalue weighted by Gasteiger charge is 2.22. The van der Waals surface area contributed by atoms with Crippen molar-refractivity contribution in [3.05, 3.63) is 12.2 Å². The fourth-order valence-electron chi connectivity index (χ4n) is 0.465. The summed E-state index contributed by atoms with van der Waals surface area (Å²) in [7, 11) is 0. The zero-order valence-corrected chi connectivity index (χ0v) is 9.24. The Bertz CT molecular complexity index is 140. The summed E-state index contributed by atoms with van der Waals surface area (Å²) >= 11 is 6.01. The highest BCUT2D eigenvalue weighted by atomic mass is 35.5. The van der Waals surface area contributed by atoms with Crippen LogP contribution in [0.4, 0.5) is 0 Å². The zero-order valence-electron chi connectivity index (χ0n) is 8.48. The summed E-state index contributed by atoms with van der Waals surface area (Å²) in [5.41, 5.74) is 1.03. The molecule has 74 valence electrons. The van der Waals surface area contributed by atoms with E-state index in [1.165, 1.54) is 0 Å². The van der Waals surface area contributed by atoms with Gasteiger partial charge in [-0.25, -0.2) is 0 Å². The van der Waals surface area contributed by atoms with E-state index in [4.69, 9.17) is 16.3 Å². The summed E-state index contributed by atoms with van der Waals surface area (Å²) in [5, 5.41) is 0. The van der Waals surface area contributed by atoms with E-state index < -0.39 is 0 Å². The Kier molecular flexibility index (Phi) is 6.72. The fraction of sp³-hybridized carbons (Fsp3) is 0.778. The fourth-order valence-corrected chi connectivity index (χ4v) is 0.528. The van der Waals surface area contributed by atoms with Crippen molar-refractivity contribution in [1.82, 2.24) is 6.15 Å². The molecule has 1 unspecified atom stereocenters. The number of rotatable bonds is 4. The van der Waals surface area contributed by atoms with Gasteiger partial charge < -0.3 is 10.9 Å². The van der Waals surface area contributed by atoms with Crippen molar-refractivity contribution in [2.75, 3.05) is 6.61 Å². The molecule has 0 aromatic carbocycles. The molecule has 0 rings (SSSR count). The van der Waals surface area contributed by atoms with Gasteiger partial charge in [0, 0.05) is 0 Å². The minimum absolute atomic E-state index is 0. The minimum Gasteiger partial charge on any atom is -0.372 e. The van der Waals surface area contributed by atoms with E-state index in [2.05, 4.69) is 6.58 Å². The molecular formula is C9H20ClNO. The second-order valence-electron chi connectivity index (χ2n) is 3.47. The van der Waals surface area contributed by atoms with Crippen LogP contribution in [0.2, 0.25) is 0 Å². The van der Waals surface area contributed by atoms with Crippen LogP contribution in [-0.2, 0) is 4.74 Å². The third-order valence-corrected chi connectivity index (χ3v) is 1.85. The standard InChI is InChI=1S/C9H17ClO.H3N/c1-7(2)6-11-8(3)9(4,5)10;/h8H,1,6H2,2-5H3;1H3. The summed E-state index contributed by atoms with van der Waals surface area (Å²) in [6.45, 7) is 12.1. The maximum absolute atomic E-state index is 6.01. The van der Waals surface area contributed by atoms with E-state index in [0.717, 1.165) is 5.57 Å². The Morgan fingerprint density at radius 1 is 1.58 bits per heavy atom. The molecule has 0 heterocycles. The van der Waals surface area contributed by atoms with Gasteiger partial charge in [-0.15, -0.1) is 11.6 Å². The first-order valence-electron chi connectivity index (χ1n) is 3.79. The van der Waals surface area contributed by atoms with Gasteiger partial charge in [-0.05, 0) is 27.7 Å². The van der Waals surface area contributed by atoms with Gasteiger partial charge in [0.05, 0.1) is 17.6 Å². The van der Waals surface area contributed by atoms with Crippen LogP contribution in [0, 0.1) is 0 Å². The maximum Gasteiger partial charge on any atom is 0.0737 e. The van der Waals surface area contributed by atoms with E-state index in [-0.39, 0.29) is 17.1 Å². The molecule has 0 spiro atoms. The van der Waals surface area contributed by atoms with Crippen LogP contribution >= 0.6 is 11.6 Å². The monoisotopic (exact) mass is 193 g/mol. The van der Waals surface area contributed by atoms with E-state index in [0.29, 0.717) is 6.61 Å². The molecule has 0 aromatic rings. The SMILES string of the molecule is C=C(C)COC(C)C(C)(C)Cl.N. The molecule has 3 N–H and O–H groups in total. The van der Waals surface area contributed by atoms with Crippen LogP contribution in [-0.4, -0.2) is 17.6 Å². The average molecular weight is 194 g/mol. The number of halogens is 1. The summed E-state index contributed by atoms with van der Waals surface area (Å²) in [5.74, 6) is 0. The van der Waals surface area contributed by atoms with Crippen LogP contribution in [0.15, 0.2) is 12.2 Å². The largest absolute Gasteiger partial charge is 0.372 e. The normalized spacial score (nSPS) is 13.4. The third kappa shape index (κ3) is 6.65. The molecule has 0 bridgehead atoms. The molecule has 0 saturated heterocycles. The summed E-state index contributed by atoms with van der Waals surface area (Å²) in [6.07, 6.45) is 0.0564. The van der Waals surface area contributed by atoms with Gasteiger partial charge in [-0.2, -0.15) is 0 Å². The molecule has 3 heteroatoms. The van der Waals surface area contributed by atoms with Crippen LogP contribution in [0.3, 0.4) is 0 Å². The average Bonchev–Trinajstić information content (AvgIpc) is 1.80. The predicted octanol–water partition coefficient (Wildman–Crippen LogP) is 3.15. The highest BCUT2D eigenvalue weighted by Crippen LogP contribution is 2.20. The lowest BCUT2D eigenvalue weighted by molar-refractivity contribution is 0.0602. The van der Waals surface area contributed by atoms with Crippen molar-refractivity contribution >= 4 is 11.6 Å². The van der Waals surface area contributed by atoms with Gasteiger partial charge in [-0.1, -0.05) is 12.2 Å². The smallest absolute Gasteiger partial charge is 0.0737 e. The maximum atomic E-state index is 6.01. The minimum atomic E-state index is -0.296. The van der Waals surface area contributed by atoms with Crippen molar-refractivity contribution in [2.45, 2.75) is 38.7 Å². The molecule has 0 radical (unpaired) electrons. The predicted molar refractivity (Wildman–Crippen MR) is 55.2 cm³/mol. The number of hydrogen-bond donors (Lipinski definition) is 1. The lowest BCUT2D eigenvalue weighted by Crippen LogP contribution is -2.30. The Labute approximate surface area is 80.5 Å². The van der Waals surface area contributed by atoms with E-state index in [9.17, 15) is 0 Å². The summed E-state index contributed by atoms with van der Waals surface area (Å²) in [6, 6.07) is 0. The van der Waals surface area contributed by atoms with Crippen molar-refractivity contribution in [3.8, 4) is 0 Å². The molecule has 0 saturated carbocycles. The number of hydrogen-bond acceptors (Lipinski definition) is 2. The first kappa shape index (κ1) is 14.5. The van der Waals surface area contributed by atoms with Gasteiger partial charge in [0.2, 0.25) is 0 Å². The van der Waals surface area contributed by atoms with Crippen LogP contribution < -0.4 is 6.15 Å². The molecule has 0 amide bonds. The second-order valence-corrected chi connectivity index (χ2v) is 4.45. The Morgan fingerprint density at radius 3 is 2.25 bits per heavy atom. The third-order valence-electron chi connectivity index (χ3n) is 1.55. The van der Waals surface area contributed by atoms with Gasteiger partial charge in [0.1, 0.15) is 0 Å². The topological polar surface area (TPSA) is 44.2 Å².